The molecule has 0 heterocycles. The molecular weight excluding hydrogens is 234 g/mol. The molecule has 0 saturated heterocycles. The molecule has 2 N–H and O–H groups in total. The Morgan fingerprint density at radius 3 is 2.47 bits per heavy atom. The van der Waals surface area contributed by atoms with Gasteiger partial charge in [-0.2, -0.15) is 0 Å². The van der Waals surface area contributed by atoms with Crippen LogP contribution in [0.5, 0.6) is 0 Å². The van der Waals surface area contributed by atoms with E-state index in [0.717, 1.165) is 13.0 Å². The lowest BCUT2D eigenvalue weighted by atomic mass is 9.79. The number of aliphatic hydroxyl groups is 1. The molecule has 1 aromatic rings. The fourth-order valence-electron chi connectivity index (χ4n) is 2.81. The first-order valence-electron chi connectivity index (χ1n) is 7.46. The second kappa shape index (κ2) is 6.06. The highest BCUT2D eigenvalue weighted by Crippen LogP contribution is 2.32. The summed E-state index contributed by atoms with van der Waals surface area (Å²) < 4.78 is 0. The van der Waals surface area contributed by atoms with Crippen molar-refractivity contribution in [1.29, 1.82) is 0 Å². The van der Waals surface area contributed by atoms with Gasteiger partial charge in [0, 0.05) is 12.6 Å². The van der Waals surface area contributed by atoms with E-state index >= 15 is 0 Å². The van der Waals surface area contributed by atoms with Gasteiger partial charge in [-0.1, -0.05) is 44.2 Å². The summed E-state index contributed by atoms with van der Waals surface area (Å²) in [5.41, 5.74) is 1.55. The van der Waals surface area contributed by atoms with Gasteiger partial charge in [-0.25, -0.2) is 0 Å². The maximum absolute atomic E-state index is 9.89. The first kappa shape index (κ1) is 14.5. The molecule has 2 heteroatoms. The smallest absolute Gasteiger partial charge is 0.0692 e. The number of rotatable bonds is 7. The summed E-state index contributed by atoms with van der Waals surface area (Å²) in [6, 6.07) is 11.1. The van der Waals surface area contributed by atoms with Crippen molar-refractivity contribution < 1.29 is 5.11 Å². The lowest BCUT2D eigenvalue weighted by Gasteiger charge is -2.29. The first-order chi connectivity index (χ1) is 8.99. The molecule has 2 rings (SSSR count). The van der Waals surface area contributed by atoms with Crippen LogP contribution >= 0.6 is 0 Å². The Labute approximate surface area is 117 Å². The topological polar surface area (TPSA) is 32.3 Å². The van der Waals surface area contributed by atoms with Gasteiger partial charge >= 0.3 is 0 Å². The van der Waals surface area contributed by atoms with Gasteiger partial charge in [0.1, 0.15) is 0 Å². The van der Waals surface area contributed by atoms with Crippen LogP contribution in [-0.4, -0.2) is 23.8 Å². The fourth-order valence-corrected chi connectivity index (χ4v) is 2.81. The molecule has 19 heavy (non-hydrogen) atoms. The van der Waals surface area contributed by atoms with Crippen LogP contribution in [0.25, 0.3) is 0 Å². The van der Waals surface area contributed by atoms with E-state index < -0.39 is 0 Å². The molecular formula is C17H27NO. The lowest BCUT2D eigenvalue weighted by Crippen LogP contribution is -2.38. The normalized spacial score (nSPS) is 19.2. The third-order valence-corrected chi connectivity index (χ3v) is 4.21. The zero-order valence-corrected chi connectivity index (χ0v) is 12.4. The largest absolute Gasteiger partial charge is 0.392 e. The Kier molecular flexibility index (Phi) is 4.64. The lowest BCUT2D eigenvalue weighted by molar-refractivity contribution is 0.143. The minimum atomic E-state index is -0.151. The average molecular weight is 261 g/mol. The molecule has 0 aliphatic heterocycles. The van der Waals surface area contributed by atoms with Crippen LogP contribution in [0, 0.1) is 5.92 Å². The van der Waals surface area contributed by atoms with Crippen LogP contribution in [0.1, 0.15) is 45.6 Å². The molecule has 1 aromatic carbocycles. The molecule has 0 aromatic heterocycles. The summed E-state index contributed by atoms with van der Waals surface area (Å²) in [4.78, 5) is 0. The van der Waals surface area contributed by atoms with Gasteiger partial charge in [0.25, 0.3) is 0 Å². The van der Waals surface area contributed by atoms with E-state index in [1.807, 2.05) is 0 Å². The Morgan fingerprint density at radius 2 is 1.89 bits per heavy atom. The van der Waals surface area contributed by atoms with Gasteiger partial charge in [-0.15, -0.1) is 0 Å². The van der Waals surface area contributed by atoms with Gasteiger partial charge in [0.05, 0.1) is 6.10 Å². The molecule has 0 radical (unpaired) electrons. The van der Waals surface area contributed by atoms with Crippen LogP contribution in [0.3, 0.4) is 0 Å². The highest BCUT2D eigenvalue weighted by Gasteiger charge is 2.30. The molecule has 0 amide bonds. The van der Waals surface area contributed by atoms with Crippen molar-refractivity contribution in [3.63, 3.8) is 0 Å². The van der Waals surface area contributed by atoms with Crippen molar-refractivity contribution in [3.8, 4) is 0 Å². The Bertz CT molecular complexity index is 384. The number of aliphatic hydroxyl groups excluding tert-OH is 1. The molecule has 1 fully saturated rings. The Morgan fingerprint density at radius 1 is 1.26 bits per heavy atom. The standard InChI is InChI=1S/C17H27NO/c1-13(18-12-16(19)14-9-10-14)11-17(2,3)15-7-5-4-6-8-15/h4-8,13-14,16,18-19H,9-12H2,1-3H3. The predicted molar refractivity (Wildman–Crippen MR) is 80.3 cm³/mol. The van der Waals surface area contributed by atoms with Crippen molar-refractivity contribution in [3.05, 3.63) is 35.9 Å². The van der Waals surface area contributed by atoms with Gasteiger partial charge in [0.2, 0.25) is 0 Å². The predicted octanol–water partition coefficient (Wildman–Crippen LogP) is 3.10. The quantitative estimate of drug-likeness (QED) is 0.790. The van der Waals surface area contributed by atoms with Crippen LogP contribution in [0.2, 0.25) is 0 Å². The molecule has 1 saturated carbocycles. The van der Waals surface area contributed by atoms with E-state index in [9.17, 15) is 5.11 Å². The zero-order chi connectivity index (χ0) is 13.9. The molecule has 2 unspecified atom stereocenters. The van der Waals surface area contributed by atoms with E-state index in [-0.39, 0.29) is 11.5 Å². The molecule has 0 bridgehead atoms. The number of hydrogen-bond donors (Lipinski definition) is 2. The molecule has 2 atom stereocenters. The van der Waals surface area contributed by atoms with Crippen LogP contribution in [-0.2, 0) is 5.41 Å². The van der Waals surface area contributed by atoms with Gasteiger partial charge in [-0.05, 0) is 43.1 Å². The van der Waals surface area contributed by atoms with Crippen LogP contribution < -0.4 is 5.32 Å². The van der Waals surface area contributed by atoms with Crippen molar-refractivity contribution in [2.45, 2.75) is 57.6 Å². The van der Waals surface area contributed by atoms with Crippen molar-refractivity contribution in [1.82, 2.24) is 5.32 Å². The average Bonchev–Trinajstić information content (AvgIpc) is 3.21. The maximum atomic E-state index is 9.89. The van der Waals surface area contributed by atoms with Crippen LogP contribution in [0.4, 0.5) is 0 Å². The minimum Gasteiger partial charge on any atom is -0.392 e. The molecule has 2 nitrogen and oxygen atoms in total. The van der Waals surface area contributed by atoms with E-state index in [2.05, 4.69) is 56.4 Å². The van der Waals surface area contributed by atoms with E-state index in [4.69, 9.17) is 0 Å². The maximum Gasteiger partial charge on any atom is 0.0692 e. The van der Waals surface area contributed by atoms with Gasteiger partial charge < -0.3 is 10.4 Å². The van der Waals surface area contributed by atoms with Gasteiger partial charge in [-0.3, -0.25) is 0 Å². The molecule has 0 spiro atoms. The van der Waals surface area contributed by atoms with Crippen molar-refractivity contribution >= 4 is 0 Å². The summed E-state index contributed by atoms with van der Waals surface area (Å²) in [6.45, 7) is 7.52. The molecule has 1 aliphatic carbocycles. The summed E-state index contributed by atoms with van der Waals surface area (Å²) >= 11 is 0. The number of benzene rings is 1. The fraction of sp³-hybridized carbons (Fsp3) is 0.647. The zero-order valence-electron chi connectivity index (χ0n) is 12.4. The van der Waals surface area contributed by atoms with Crippen LogP contribution in [0.15, 0.2) is 30.3 Å². The highest BCUT2D eigenvalue weighted by atomic mass is 16.3. The summed E-state index contributed by atoms with van der Waals surface area (Å²) in [5.74, 6) is 0.557. The van der Waals surface area contributed by atoms with E-state index in [1.54, 1.807) is 0 Å². The third kappa shape index (κ3) is 4.32. The number of hydrogen-bond acceptors (Lipinski definition) is 2. The minimum absolute atomic E-state index is 0.151. The highest BCUT2D eigenvalue weighted by molar-refractivity contribution is 5.23. The van der Waals surface area contributed by atoms with E-state index in [0.29, 0.717) is 12.0 Å². The second-order valence-electron chi connectivity index (χ2n) is 6.67. The summed E-state index contributed by atoms with van der Waals surface area (Å²) in [6.07, 6.45) is 3.33. The summed E-state index contributed by atoms with van der Waals surface area (Å²) in [5, 5.41) is 13.4. The number of nitrogens with one attached hydrogen (secondary N) is 1. The SMILES string of the molecule is CC(CC(C)(C)c1ccccc1)NCC(O)C1CC1. The summed E-state index contributed by atoms with van der Waals surface area (Å²) in [7, 11) is 0. The van der Waals surface area contributed by atoms with Gasteiger partial charge in [0.15, 0.2) is 0 Å². The molecule has 1 aliphatic rings. The Balaban J connectivity index is 1.81. The first-order valence-corrected chi connectivity index (χ1v) is 7.46. The second-order valence-corrected chi connectivity index (χ2v) is 6.67. The third-order valence-electron chi connectivity index (χ3n) is 4.21. The Hall–Kier alpha value is -0.860. The monoisotopic (exact) mass is 261 g/mol. The van der Waals surface area contributed by atoms with Crippen molar-refractivity contribution in [2.24, 2.45) is 5.92 Å². The molecule has 106 valence electrons. The van der Waals surface area contributed by atoms with E-state index in [1.165, 1.54) is 18.4 Å². The van der Waals surface area contributed by atoms with Crippen molar-refractivity contribution in [2.75, 3.05) is 6.54 Å².